The van der Waals surface area contributed by atoms with Crippen molar-refractivity contribution < 1.29 is 0 Å². The second kappa shape index (κ2) is 6.37. The Morgan fingerprint density at radius 3 is 2.73 bits per heavy atom. The summed E-state index contributed by atoms with van der Waals surface area (Å²) in [6, 6.07) is 7.24. The van der Waals surface area contributed by atoms with Gasteiger partial charge >= 0.3 is 0 Å². The van der Waals surface area contributed by atoms with Crippen LogP contribution in [0.5, 0.6) is 0 Å². The van der Waals surface area contributed by atoms with Crippen LogP contribution >= 0.6 is 11.7 Å². The van der Waals surface area contributed by atoms with Crippen molar-refractivity contribution in [1.29, 1.82) is 0 Å². The fourth-order valence-corrected chi connectivity index (χ4v) is 4.38. The van der Waals surface area contributed by atoms with Crippen LogP contribution in [0.2, 0.25) is 0 Å². The molecule has 0 unspecified atom stereocenters. The number of fused-ring (bicyclic) bond motifs is 1. The zero-order chi connectivity index (χ0) is 17.7. The van der Waals surface area contributed by atoms with E-state index in [1.807, 2.05) is 6.07 Å². The Labute approximate surface area is 156 Å². The number of benzene rings is 1. The largest absolute Gasteiger partial charge is 0.328 e. The van der Waals surface area contributed by atoms with Gasteiger partial charge in [0.1, 0.15) is 22.7 Å². The second-order valence-corrected chi connectivity index (χ2v) is 8.29. The second-order valence-electron chi connectivity index (χ2n) is 7.76. The van der Waals surface area contributed by atoms with Gasteiger partial charge in [-0.2, -0.15) is 8.75 Å². The first kappa shape index (κ1) is 16.3. The van der Waals surface area contributed by atoms with Crippen LogP contribution in [0.25, 0.3) is 11.0 Å². The highest BCUT2D eigenvalue weighted by atomic mass is 32.1. The first-order valence-electron chi connectivity index (χ1n) is 9.26. The SMILES string of the molecule is CN(Cc1ccc2nsnc2c1)Cc1nnc(C2CC(N)C2)n1C1CC1. The third kappa shape index (κ3) is 3.02. The molecule has 1 aromatic carbocycles. The number of hydrogen-bond acceptors (Lipinski definition) is 7. The Bertz CT molecular complexity index is 923. The standard InChI is InChI=1S/C18H23N7S/c1-24(9-11-2-5-15-16(6-11)23-26-22-15)10-17-20-21-18(12-7-13(19)8-12)25(17)14-3-4-14/h2,5-6,12-14H,3-4,7-10,19H2,1H3. The maximum atomic E-state index is 5.98. The van der Waals surface area contributed by atoms with Crippen molar-refractivity contribution in [1.82, 2.24) is 28.4 Å². The van der Waals surface area contributed by atoms with Crippen molar-refractivity contribution >= 4 is 22.8 Å². The van der Waals surface area contributed by atoms with Crippen LogP contribution in [0.4, 0.5) is 0 Å². The van der Waals surface area contributed by atoms with Crippen LogP contribution in [-0.2, 0) is 13.1 Å². The molecule has 2 N–H and O–H groups in total. The maximum Gasteiger partial charge on any atom is 0.147 e. The molecular weight excluding hydrogens is 346 g/mol. The predicted octanol–water partition coefficient (Wildman–Crippen LogP) is 2.45. The molecule has 2 aliphatic carbocycles. The van der Waals surface area contributed by atoms with E-state index in [9.17, 15) is 0 Å². The topological polar surface area (TPSA) is 85.8 Å². The number of nitrogens with zero attached hydrogens (tertiary/aromatic N) is 6. The van der Waals surface area contributed by atoms with E-state index in [2.05, 4.69) is 47.6 Å². The van der Waals surface area contributed by atoms with Crippen molar-refractivity contribution in [2.45, 2.75) is 56.8 Å². The maximum absolute atomic E-state index is 5.98. The van der Waals surface area contributed by atoms with Gasteiger partial charge in [0, 0.05) is 24.5 Å². The van der Waals surface area contributed by atoms with E-state index in [0.717, 1.165) is 48.6 Å². The summed E-state index contributed by atoms with van der Waals surface area (Å²) in [6.45, 7) is 1.66. The Morgan fingerprint density at radius 1 is 1.15 bits per heavy atom. The van der Waals surface area contributed by atoms with Gasteiger partial charge in [-0.3, -0.25) is 4.90 Å². The van der Waals surface area contributed by atoms with E-state index in [4.69, 9.17) is 5.73 Å². The third-order valence-corrected chi connectivity index (χ3v) is 5.98. The first-order valence-corrected chi connectivity index (χ1v) is 9.99. The molecule has 5 rings (SSSR count). The molecule has 136 valence electrons. The van der Waals surface area contributed by atoms with Crippen LogP contribution < -0.4 is 5.73 Å². The molecule has 7 nitrogen and oxygen atoms in total. The van der Waals surface area contributed by atoms with Crippen molar-refractivity contribution in [3.8, 4) is 0 Å². The van der Waals surface area contributed by atoms with Crippen LogP contribution in [0.15, 0.2) is 18.2 Å². The monoisotopic (exact) mass is 369 g/mol. The molecule has 0 spiro atoms. The lowest BCUT2D eigenvalue weighted by Crippen LogP contribution is -2.36. The molecule has 3 aromatic rings. The molecule has 2 aliphatic rings. The van der Waals surface area contributed by atoms with Crippen LogP contribution in [-0.4, -0.2) is 41.5 Å². The van der Waals surface area contributed by atoms with E-state index in [-0.39, 0.29) is 0 Å². The van der Waals surface area contributed by atoms with Crippen molar-refractivity contribution in [2.24, 2.45) is 5.73 Å². The highest BCUT2D eigenvalue weighted by Crippen LogP contribution is 2.42. The van der Waals surface area contributed by atoms with Crippen LogP contribution in [0, 0.1) is 0 Å². The van der Waals surface area contributed by atoms with Gasteiger partial charge in [0.2, 0.25) is 0 Å². The third-order valence-electron chi connectivity index (χ3n) is 5.43. The number of aromatic nitrogens is 5. The summed E-state index contributed by atoms with van der Waals surface area (Å²) in [6.07, 6.45) is 4.58. The van der Waals surface area contributed by atoms with Gasteiger partial charge < -0.3 is 10.3 Å². The Balaban J connectivity index is 1.32. The summed E-state index contributed by atoms with van der Waals surface area (Å²) in [5.74, 6) is 2.74. The molecular formula is C18H23N7S. The van der Waals surface area contributed by atoms with Gasteiger partial charge in [0.05, 0.1) is 18.3 Å². The Hall–Kier alpha value is -1.90. The highest BCUT2D eigenvalue weighted by Gasteiger charge is 2.36. The molecule has 0 radical (unpaired) electrons. The molecule has 0 aliphatic heterocycles. The van der Waals surface area contributed by atoms with Gasteiger partial charge in [-0.1, -0.05) is 6.07 Å². The zero-order valence-electron chi connectivity index (χ0n) is 14.9. The van der Waals surface area contributed by atoms with Crippen LogP contribution in [0.1, 0.15) is 54.9 Å². The Kier molecular flexibility index (Phi) is 3.99. The molecule has 0 saturated heterocycles. The average molecular weight is 369 g/mol. The van der Waals surface area contributed by atoms with Crippen molar-refractivity contribution in [2.75, 3.05) is 7.05 Å². The normalized spacial score (nSPS) is 22.9. The molecule has 8 heteroatoms. The van der Waals surface area contributed by atoms with Gasteiger partial charge in [0.15, 0.2) is 0 Å². The van der Waals surface area contributed by atoms with E-state index < -0.39 is 0 Å². The summed E-state index contributed by atoms with van der Waals surface area (Å²) in [4.78, 5) is 2.29. The molecule has 2 saturated carbocycles. The van der Waals surface area contributed by atoms with Crippen molar-refractivity contribution in [3.63, 3.8) is 0 Å². The number of hydrogen-bond donors (Lipinski definition) is 1. The van der Waals surface area contributed by atoms with E-state index in [1.54, 1.807) is 0 Å². The molecule has 0 amide bonds. The average Bonchev–Trinajstić information content (AvgIpc) is 3.18. The van der Waals surface area contributed by atoms with Gasteiger partial charge in [0.25, 0.3) is 0 Å². The van der Waals surface area contributed by atoms with Gasteiger partial charge in [-0.15, -0.1) is 10.2 Å². The van der Waals surface area contributed by atoms with E-state index in [0.29, 0.717) is 18.0 Å². The summed E-state index contributed by atoms with van der Waals surface area (Å²) in [5.41, 5.74) is 9.17. The lowest BCUT2D eigenvalue weighted by Gasteiger charge is -2.32. The number of rotatable bonds is 6. The minimum absolute atomic E-state index is 0.339. The first-order chi connectivity index (χ1) is 12.7. The van der Waals surface area contributed by atoms with E-state index >= 15 is 0 Å². The minimum Gasteiger partial charge on any atom is -0.328 e. The smallest absolute Gasteiger partial charge is 0.147 e. The number of nitrogens with two attached hydrogens (primary N) is 1. The fraction of sp³-hybridized carbons (Fsp3) is 0.556. The zero-order valence-corrected chi connectivity index (χ0v) is 15.7. The summed E-state index contributed by atoms with van der Waals surface area (Å²) in [7, 11) is 2.13. The molecule has 2 fully saturated rings. The molecule has 0 bridgehead atoms. The van der Waals surface area contributed by atoms with E-state index in [1.165, 1.54) is 30.1 Å². The van der Waals surface area contributed by atoms with Crippen molar-refractivity contribution in [3.05, 3.63) is 35.4 Å². The minimum atomic E-state index is 0.339. The fourth-order valence-electron chi connectivity index (χ4n) is 3.86. The molecule has 2 aromatic heterocycles. The quantitative estimate of drug-likeness (QED) is 0.718. The summed E-state index contributed by atoms with van der Waals surface area (Å²) in [5, 5.41) is 9.08. The molecule has 2 heterocycles. The molecule has 0 atom stereocenters. The van der Waals surface area contributed by atoms with Gasteiger partial charge in [-0.05, 0) is 50.4 Å². The Morgan fingerprint density at radius 2 is 1.96 bits per heavy atom. The summed E-state index contributed by atoms with van der Waals surface area (Å²) >= 11 is 1.26. The predicted molar refractivity (Wildman–Crippen MR) is 101 cm³/mol. The lowest BCUT2D eigenvalue weighted by molar-refractivity contribution is 0.299. The lowest BCUT2D eigenvalue weighted by atomic mass is 9.80. The highest BCUT2D eigenvalue weighted by molar-refractivity contribution is 7.00. The molecule has 26 heavy (non-hydrogen) atoms. The summed E-state index contributed by atoms with van der Waals surface area (Å²) < 4.78 is 11.0. The van der Waals surface area contributed by atoms with Crippen LogP contribution in [0.3, 0.4) is 0 Å². The van der Waals surface area contributed by atoms with Gasteiger partial charge in [-0.25, -0.2) is 0 Å².